The van der Waals surface area contributed by atoms with Gasteiger partial charge in [0.2, 0.25) is 5.91 Å². The van der Waals surface area contributed by atoms with Crippen LogP contribution in [0.5, 0.6) is 0 Å². The molecule has 4 N–H and O–H groups in total. The number of carbonyl (C=O) groups excluding carboxylic acids is 1. The Morgan fingerprint density at radius 2 is 2.00 bits per heavy atom. The largest absolute Gasteiger partial charge is 0.383 e. The third-order valence-electron chi connectivity index (χ3n) is 2.69. The lowest BCUT2D eigenvalue weighted by Crippen LogP contribution is -2.48. The van der Waals surface area contributed by atoms with E-state index in [0.29, 0.717) is 25.6 Å². The Labute approximate surface area is 111 Å². The number of ether oxygens (including phenoxy) is 1. The number of amides is 1. The van der Waals surface area contributed by atoms with E-state index in [-0.39, 0.29) is 18.0 Å². The molecule has 0 heterocycles. The fourth-order valence-corrected chi connectivity index (χ4v) is 1.67. The molecule has 0 aromatic carbocycles. The molecule has 0 aromatic heterocycles. The van der Waals surface area contributed by atoms with Crippen molar-refractivity contribution in [2.24, 2.45) is 11.7 Å². The molecule has 0 saturated carbocycles. The van der Waals surface area contributed by atoms with Gasteiger partial charge in [-0.1, -0.05) is 13.8 Å². The maximum Gasteiger partial charge on any atom is 0.236 e. The van der Waals surface area contributed by atoms with Gasteiger partial charge in [0.1, 0.15) is 0 Å². The second-order valence-electron chi connectivity index (χ2n) is 5.11. The summed E-state index contributed by atoms with van der Waals surface area (Å²) in [6.45, 7) is 8.00. The number of hydrogen-bond donors (Lipinski definition) is 3. The van der Waals surface area contributed by atoms with Crippen molar-refractivity contribution in [3.8, 4) is 0 Å². The Morgan fingerprint density at radius 1 is 1.33 bits per heavy atom. The van der Waals surface area contributed by atoms with Crippen molar-refractivity contribution in [1.29, 1.82) is 0 Å². The van der Waals surface area contributed by atoms with Crippen molar-refractivity contribution in [3.63, 3.8) is 0 Å². The first-order valence-corrected chi connectivity index (χ1v) is 6.74. The van der Waals surface area contributed by atoms with Gasteiger partial charge in [0.05, 0.1) is 12.6 Å². The zero-order valence-corrected chi connectivity index (χ0v) is 12.2. The minimum absolute atomic E-state index is 0.0394. The fourth-order valence-electron chi connectivity index (χ4n) is 1.67. The third kappa shape index (κ3) is 8.44. The van der Waals surface area contributed by atoms with E-state index in [2.05, 4.69) is 24.5 Å². The van der Waals surface area contributed by atoms with Crippen molar-refractivity contribution >= 4 is 5.91 Å². The van der Waals surface area contributed by atoms with Crippen LogP contribution >= 0.6 is 0 Å². The van der Waals surface area contributed by atoms with Crippen molar-refractivity contribution < 1.29 is 9.53 Å². The summed E-state index contributed by atoms with van der Waals surface area (Å²) in [6, 6.07) is -0.0278. The predicted octanol–water partition coefficient (Wildman–Crippen LogP) is 0.491. The average molecular weight is 259 g/mol. The number of carbonyl (C=O) groups is 1. The molecule has 2 atom stereocenters. The number of methoxy groups -OCH3 is 1. The summed E-state index contributed by atoms with van der Waals surface area (Å²) in [6.07, 6.45) is 1.85. The van der Waals surface area contributed by atoms with Crippen molar-refractivity contribution in [2.75, 3.05) is 26.8 Å². The monoisotopic (exact) mass is 259 g/mol. The Balaban J connectivity index is 4.05. The molecule has 18 heavy (non-hydrogen) atoms. The van der Waals surface area contributed by atoms with Crippen LogP contribution in [-0.4, -0.2) is 44.8 Å². The molecule has 0 aliphatic carbocycles. The van der Waals surface area contributed by atoms with E-state index >= 15 is 0 Å². The molecule has 1 amide bonds. The summed E-state index contributed by atoms with van der Waals surface area (Å²) in [5.41, 5.74) is 5.50. The highest BCUT2D eigenvalue weighted by molar-refractivity contribution is 5.81. The Kier molecular flexibility index (Phi) is 9.92. The fraction of sp³-hybridized carbons (Fsp3) is 0.923. The van der Waals surface area contributed by atoms with Crippen LogP contribution in [0, 0.1) is 5.92 Å². The molecule has 0 saturated heterocycles. The van der Waals surface area contributed by atoms with Gasteiger partial charge in [-0.05, 0) is 32.2 Å². The lowest BCUT2D eigenvalue weighted by molar-refractivity contribution is -0.123. The Hall–Kier alpha value is -0.650. The Bertz CT molecular complexity index is 222. The molecule has 5 heteroatoms. The molecule has 108 valence electrons. The normalized spacial score (nSPS) is 14.6. The maximum absolute atomic E-state index is 11.8. The van der Waals surface area contributed by atoms with E-state index in [1.807, 2.05) is 6.92 Å². The van der Waals surface area contributed by atoms with E-state index in [1.165, 1.54) is 0 Å². The van der Waals surface area contributed by atoms with Gasteiger partial charge in [-0.25, -0.2) is 0 Å². The van der Waals surface area contributed by atoms with Crippen LogP contribution in [0.4, 0.5) is 0 Å². The van der Waals surface area contributed by atoms with Gasteiger partial charge in [0, 0.05) is 19.7 Å². The van der Waals surface area contributed by atoms with Gasteiger partial charge >= 0.3 is 0 Å². The quantitative estimate of drug-likeness (QED) is 0.534. The zero-order chi connectivity index (χ0) is 14.0. The summed E-state index contributed by atoms with van der Waals surface area (Å²) in [5, 5.41) is 6.20. The van der Waals surface area contributed by atoms with Crippen LogP contribution in [0.1, 0.15) is 33.6 Å². The molecule has 0 spiro atoms. The molecule has 0 aliphatic heterocycles. The second kappa shape index (κ2) is 10.3. The van der Waals surface area contributed by atoms with E-state index < -0.39 is 0 Å². The molecular formula is C13H29N3O2. The number of nitrogens with one attached hydrogen (secondary N) is 2. The topological polar surface area (TPSA) is 76.4 Å². The molecule has 0 rings (SSSR count). The molecule has 5 nitrogen and oxygen atoms in total. The first kappa shape index (κ1) is 17.4. The second-order valence-corrected chi connectivity index (χ2v) is 5.11. The van der Waals surface area contributed by atoms with Crippen molar-refractivity contribution in [2.45, 2.75) is 45.7 Å². The van der Waals surface area contributed by atoms with Crippen molar-refractivity contribution in [3.05, 3.63) is 0 Å². The van der Waals surface area contributed by atoms with Crippen LogP contribution in [0.2, 0.25) is 0 Å². The molecule has 0 radical (unpaired) electrons. The lowest BCUT2D eigenvalue weighted by atomic mass is 10.1. The molecule has 2 unspecified atom stereocenters. The van der Waals surface area contributed by atoms with Gasteiger partial charge in [-0.3, -0.25) is 4.79 Å². The lowest BCUT2D eigenvalue weighted by Gasteiger charge is -2.22. The number of rotatable bonds is 10. The minimum atomic E-state index is -0.207. The summed E-state index contributed by atoms with van der Waals surface area (Å²) < 4.78 is 5.14. The summed E-state index contributed by atoms with van der Waals surface area (Å²) in [4.78, 5) is 11.8. The standard InChI is InChI=1S/C13H29N3O2/c1-10(2)8-15-13(17)11(3)16-12(9-18-4)6-5-7-14/h10-12,16H,5-9,14H2,1-4H3,(H,15,17). The summed E-state index contributed by atoms with van der Waals surface area (Å²) in [5.74, 6) is 0.505. The van der Waals surface area contributed by atoms with Crippen LogP contribution in [0.25, 0.3) is 0 Å². The number of hydrogen-bond acceptors (Lipinski definition) is 4. The number of nitrogens with two attached hydrogens (primary N) is 1. The first-order valence-electron chi connectivity index (χ1n) is 6.74. The van der Waals surface area contributed by atoms with Crippen LogP contribution < -0.4 is 16.4 Å². The highest BCUT2D eigenvalue weighted by atomic mass is 16.5. The predicted molar refractivity (Wildman–Crippen MR) is 74.4 cm³/mol. The molecular weight excluding hydrogens is 230 g/mol. The highest BCUT2D eigenvalue weighted by Crippen LogP contribution is 1.99. The molecule has 0 fully saturated rings. The maximum atomic E-state index is 11.8. The van der Waals surface area contributed by atoms with E-state index in [4.69, 9.17) is 10.5 Å². The summed E-state index contributed by atoms with van der Waals surface area (Å²) >= 11 is 0. The van der Waals surface area contributed by atoms with Gasteiger partial charge in [0.15, 0.2) is 0 Å². The van der Waals surface area contributed by atoms with E-state index in [9.17, 15) is 4.79 Å². The molecule has 0 aliphatic rings. The van der Waals surface area contributed by atoms with Crippen LogP contribution in [0.15, 0.2) is 0 Å². The zero-order valence-electron chi connectivity index (χ0n) is 12.2. The van der Waals surface area contributed by atoms with Crippen LogP contribution in [-0.2, 0) is 9.53 Å². The SMILES string of the molecule is COCC(CCCN)NC(C)C(=O)NCC(C)C. The minimum Gasteiger partial charge on any atom is -0.383 e. The van der Waals surface area contributed by atoms with Gasteiger partial charge in [-0.15, -0.1) is 0 Å². The van der Waals surface area contributed by atoms with E-state index in [0.717, 1.165) is 12.8 Å². The highest BCUT2D eigenvalue weighted by Gasteiger charge is 2.17. The Morgan fingerprint density at radius 3 is 2.50 bits per heavy atom. The third-order valence-corrected chi connectivity index (χ3v) is 2.69. The van der Waals surface area contributed by atoms with Gasteiger partial charge < -0.3 is 21.1 Å². The van der Waals surface area contributed by atoms with Gasteiger partial charge in [-0.2, -0.15) is 0 Å². The molecule has 0 aromatic rings. The van der Waals surface area contributed by atoms with Crippen molar-refractivity contribution in [1.82, 2.24) is 10.6 Å². The van der Waals surface area contributed by atoms with Crippen LogP contribution in [0.3, 0.4) is 0 Å². The summed E-state index contributed by atoms with van der Waals surface area (Å²) in [7, 11) is 1.67. The van der Waals surface area contributed by atoms with Gasteiger partial charge in [0.25, 0.3) is 0 Å². The van der Waals surface area contributed by atoms with E-state index in [1.54, 1.807) is 7.11 Å². The first-order chi connectivity index (χ1) is 8.51. The molecule has 0 bridgehead atoms. The average Bonchev–Trinajstić information content (AvgIpc) is 2.33. The smallest absolute Gasteiger partial charge is 0.236 e.